The molecule has 0 unspecified atom stereocenters. The molecule has 5 nitrogen and oxygen atoms in total. The Hall–Kier alpha value is -2.39. The Kier molecular flexibility index (Phi) is 2.92. The topological polar surface area (TPSA) is 80.5 Å². The maximum Gasteiger partial charge on any atom is 0.152 e. The summed E-state index contributed by atoms with van der Waals surface area (Å²) >= 11 is 1.62. The van der Waals surface area contributed by atoms with Crippen LogP contribution in [0, 0.1) is 25.2 Å². The fraction of sp³-hybridized carbons (Fsp3) is 0.214. The first kappa shape index (κ1) is 12.6. The van der Waals surface area contributed by atoms with E-state index in [1.807, 2.05) is 23.8 Å². The van der Waals surface area contributed by atoms with Crippen molar-refractivity contribution in [1.29, 1.82) is 5.26 Å². The maximum absolute atomic E-state index is 9.02. The summed E-state index contributed by atoms with van der Waals surface area (Å²) < 4.78 is 1.81. The summed E-state index contributed by atoms with van der Waals surface area (Å²) in [5.74, 6) is 1.14. The third kappa shape index (κ3) is 1.92. The van der Waals surface area contributed by atoms with Crippen molar-refractivity contribution in [3.63, 3.8) is 0 Å². The highest BCUT2D eigenvalue weighted by Crippen LogP contribution is 2.31. The molecule has 0 radical (unpaired) electrons. The predicted octanol–water partition coefficient (Wildman–Crippen LogP) is 2.61. The summed E-state index contributed by atoms with van der Waals surface area (Å²) in [6.45, 7) is 4.54. The number of anilines is 1. The Labute approximate surface area is 120 Å². The number of nitrogens with zero attached hydrogens (tertiary/aromatic N) is 4. The van der Waals surface area contributed by atoms with E-state index in [2.05, 4.69) is 23.0 Å². The fourth-order valence-electron chi connectivity index (χ4n) is 2.20. The van der Waals surface area contributed by atoms with Crippen LogP contribution in [-0.2, 0) is 6.54 Å². The van der Waals surface area contributed by atoms with Crippen molar-refractivity contribution < 1.29 is 0 Å². The molecule has 0 spiro atoms. The highest BCUT2D eigenvalue weighted by Gasteiger charge is 2.13. The number of rotatable bonds is 2. The zero-order valence-electron chi connectivity index (χ0n) is 11.2. The molecule has 3 aromatic rings. The summed E-state index contributed by atoms with van der Waals surface area (Å²) in [5, 5.41) is 9.97. The van der Waals surface area contributed by atoms with E-state index in [4.69, 9.17) is 11.0 Å². The first-order valence-corrected chi connectivity index (χ1v) is 6.99. The second-order valence-electron chi connectivity index (χ2n) is 4.62. The number of nitrogens with two attached hydrogens (primary N) is 1. The van der Waals surface area contributed by atoms with Crippen LogP contribution >= 0.6 is 11.3 Å². The van der Waals surface area contributed by atoms with Crippen LogP contribution in [0.2, 0.25) is 0 Å². The molecule has 0 aromatic carbocycles. The number of fused-ring (bicyclic) bond motifs is 1. The van der Waals surface area contributed by atoms with E-state index in [0.29, 0.717) is 23.9 Å². The minimum Gasteiger partial charge on any atom is -0.383 e. The number of aromatic nitrogens is 3. The van der Waals surface area contributed by atoms with Crippen LogP contribution in [0.1, 0.15) is 22.0 Å². The van der Waals surface area contributed by atoms with E-state index in [-0.39, 0.29) is 0 Å². The van der Waals surface area contributed by atoms with Gasteiger partial charge < -0.3 is 10.3 Å². The summed E-state index contributed by atoms with van der Waals surface area (Å²) in [7, 11) is 0. The summed E-state index contributed by atoms with van der Waals surface area (Å²) in [6, 6.07) is 5.74. The molecular formula is C14H13N5S. The molecule has 0 aliphatic heterocycles. The van der Waals surface area contributed by atoms with E-state index in [0.717, 1.165) is 15.8 Å². The molecule has 0 saturated heterocycles. The Morgan fingerprint density at radius 1 is 1.40 bits per heavy atom. The third-order valence-electron chi connectivity index (χ3n) is 3.36. The molecule has 0 aliphatic carbocycles. The van der Waals surface area contributed by atoms with Crippen molar-refractivity contribution in [1.82, 2.24) is 14.5 Å². The van der Waals surface area contributed by atoms with Gasteiger partial charge in [0.25, 0.3) is 0 Å². The average molecular weight is 283 g/mol. The molecule has 2 N–H and O–H groups in total. The van der Waals surface area contributed by atoms with Gasteiger partial charge in [-0.25, -0.2) is 9.97 Å². The average Bonchev–Trinajstić information content (AvgIpc) is 2.95. The number of hydrogen-bond acceptors (Lipinski definition) is 5. The standard InChI is InChI=1S/C14H13N5S/c1-8-9(2)20-14-12(8)13(16)17-11(18-14)7-19-5-3-4-10(19)6-15/h3-5H,7H2,1-2H3,(H2,16,17,18). The molecule has 0 amide bonds. The number of nitriles is 1. The van der Waals surface area contributed by atoms with E-state index >= 15 is 0 Å². The predicted molar refractivity (Wildman–Crippen MR) is 79.6 cm³/mol. The van der Waals surface area contributed by atoms with Crippen molar-refractivity contribution in [3.05, 3.63) is 40.3 Å². The molecule has 100 valence electrons. The van der Waals surface area contributed by atoms with Crippen molar-refractivity contribution >= 4 is 27.4 Å². The van der Waals surface area contributed by atoms with Crippen molar-refractivity contribution in [2.24, 2.45) is 0 Å². The molecule has 0 aliphatic rings. The molecular weight excluding hydrogens is 270 g/mol. The highest BCUT2D eigenvalue weighted by molar-refractivity contribution is 7.18. The maximum atomic E-state index is 9.02. The van der Waals surface area contributed by atoms with Gasteiger partial charge in [0, 0.05) is 11.1 Å². The summed E-state index contributed by atoms with van der Waals surface area (Å²) in [4.78, 5) is 11.0. The Morgan fingerprint density at radius 3 is 2.95 bits per heavy atom. The normalized spacial score (nSPS) is 10.8. The van der Waals surface area contributed by atoms with Gasteiger partial charge in [0.15, 0.2) is 5.82 Å². The van der Waals surface area contributed by atoms with Crippen LogP contribution in [0.15, 0.2) is 18.3 Å². The molecule has 6 heteroatoms. The monoisotopic (exact) mass is 283 g/mol. The Morgan fingerprint density at radius 2 is 2.20 bits per heavy atom. The van der Waals surface area contributed by atoms with E-state index < -0.39 is 0 Å². The van der Waals surface area contributed by atoms with Crippen LogP contribution in [0.4, 0.5) is 5.82 Å². The molecule has 0 saturated carbocycles. The van der Waals surface area contributed by atoms with E-state index in [9.17, 15) is 0 Å². The lowest BCUT2D eigenvalue weighted by Gasteiger charge is -2.05. The van der Waals surface area contributed by atoms with Crippen LogP contribution in [0.3, 0.4) is 0 Å². The number of hydrogen-bond donors (Lipinski definition) is 1. The van der Waals surface area contributed by atoms with E-state index in [1.165, 1.54) is 4.88 Å². The Bertz CT molecular complexity index is 837. The SMILES string of the molecule is Cc1sc2nc(Cn3cccc3C#N)nc(N)c2c1C. The van der Waals surface area contributed by atoms with Gasteiger partial charge in [-0.15, -0.1) is 11.3 Å². The largest absolute Gasteiger partial charge is 0.383 e. The van der Waals surface area contributed by atoms with Gasteiger partial charge in [-0.05, 0) is 31.5 Å². The minimum atomic E-state index is 0.450. The van der Waals surface area contributed by atoms with Crippen LogP contribution in [-0.4, -0.2) is 14.5 Å². The smallest absolute Gasteiger partial charge is 0.152 e. The quantitative estimate of drug-likeness (QED) is 0.784. The first-order valence-electron chi connectivity index (χ1n) is 6.17. The number of thiophene rings is 1. The lowest BCUT2D eigenvalue weighted by atomic mass is 10.2. The molecule has 0 bridgehead atoms. The molecule has 3 rings (SSSR count). The van der Waals surface area contributed by atoms with E-state index in [1.54, 1.807) is 17.4 Å². The van der Waals surface area contributed by atoms with Crippen molar-refractivity contribution in [3.8, 4) is 6.07 Å². The second kappa shape index (κ2) is 4.62. The highest BCUT2D eigenvalue weighted by atomic mass is 32.1. The van der Waals surface area contributed by atoms with Gasteiger partial charge in [0.05, 0.1) is 11.9 Å². The molecule has 3 heterocycles. The third-order valence-corrected chi connectivity index (χ3v) is 4.46. The second-order valence-corrected chi connectivity index (χ2v) is 5.82. The van der Waals surface area contributed by atoms with Crippen LogP contribution < -0.4 is 5.73 Å². The van der Waals surface area contributed by atoms with Crippen LogP contribution in [0.25, 0.3) is 10.2 Å². The summed E-state index contributed by atoms with van der Waals surface area (Å²) in [6.07, 6.45) is 1.84. The van der Waals surface area contributed by atoms with Gasteiger partial charge >= 0.3 is 0 Å². The van der Waals surface area contributed by atoms with Gasteiger partial charge in [0.1, 0.15) is 22.4 Å². The Balaban J connectivity index is 2.08. The zero-order valence-corrected chi connectivity index (χ0v) is 12.0. The van der Waals surface area contributed by atoms with Crippen molar-refractivity contribution in [2.75, 3.05) is 5.73 Å². The van der Waals surface area contributed by atoms with Gasteiger partial charge in [-0.1, -0.05) is 0 Å². The zero-order chi connectivity index (χ0) is 14.3. The lowest BCUT2D eigenvalue weighted by molar-refractivity contribution is 0.747. The van der Waals surface area contributed by atoms with Crippen molar-refractivity contribution in [2.45, 2.75) is 20.4 Å². The fourth-order valence-corrected chi connectivity index (χ4v) is 3.26. The first-order chi connectivity index (χ1) is 9.60. The summed E-state index contributed by atoms with van der Waals surface area (Å²) in [5.41, 5.74) is 7.79. The van der Waals surface area contributed by atoms with Gasteiger partial charge in [-0.2, -0.15) is 5.26 Å². The van der Waals surface area contributed by atoms with Gasteiger partial charge in [0.2, 0.25) is 0 Å². The molecule has 20 heavy (non-hydrogen) atoms. The number of aryl methyl sites for hydroxylation is 2. The molecule has 0 atom stereocenters. The van der Waals surface area contributed by atoms with Crippen LogP contribution in [0.5, 0.6) is 0 Å². The minimum absolute atomic E-state index is 0.450. The molecule has 3 aromatic heterocycles. The number of nitrogen functional groups attached to an aromatic ring is 1. The lowest BCUT2D eigenvalue weighted by Crippen LogP contribution is -2.07. The van der Waals surface area contributed by atoms with Gasteiger partial charge in [-0.3, -0.25) is 0 Å². The molecule has 0 fully saturated rings.